The highest BCUT2D eigenvalue weighted by molar-refractivity contribution is 5.02. The van der Waals surface area contributed by atoms with E-state index in [0.717, 1.165) is 23.9 Å². The van der Waals surface area contributed by atoms with Crippen LogP contribution in [0.25, 0.3) is 0 Å². The lowest BCUT2D eigenvalue weighted by Gasteiger charge is -2.50. The molecule has 2 nitrogen and oxygen atoms in total. The van der Waals surface area contributed by atoms with Crippen molar-refractivity contribution < 1.29 is 0 Å². The summed E-state index contributed by atoms with van der Waals surface area (Å²) in [6.45, 7) is 9.87. The topological polar surface area (TPSA) is 15.3 Å². The van der Waals surface area contributed by atoms with Gasteiger partial charge in [0.15, 0.2) is 0 Å². The fourth-order valence-corrected chi connectivity index (χ4v) is 4.74. The number of nitrogens with zero attached hydrogens (tertiary/aromatic N) is 1. The summed E-state index contributed by atoms with van der Waals surface area (Å²) in [4.78, 5) is 2.88. The molecule has 1 saturated heterocycles. The Labute approximate surface area is 119 Å². The van der Waals surface area contributed by atoms with Crippen molar-refractivity contribution in [1.82, 2.24) is 10.2 Å². The fourth-order valence-electron chi connectivity index (χ4n) is 4.74. The number of rotatable bonds is 1. The standard InChI is InChI=1S/C17H32N2/c1-13-6-7-16(10-14(13)2)19-12-17(8-4-5-9-17)18-11-15(19)3/h13-16,18H,4-12H2,1-3H3. The number of nitrogens with one attached hydrogen (secondary N) is 1. The van der Waals surface area contributed by atoms with E-state index in [-0.39, 0.29) is 0 Å². The molecule has 2 saturated carbocycles. The summed E-state index contributed by atoms with van der Waals surface area (Å²) in [5, 5.41) is 3.89. The van der Waals surface area contributed by atoms with Crippen LogP contribution in [-0.4, -0.2) is 35.6 Å². The molecule has 4 unspecified atom stereocenters. The quantitative estimate of drug-likeness (QED) is 0.781. The molecule has 2 aliphatic carbocycles. The molecule has 1 heterocycles. The van der Waals surface area contributed by atoms with Gasteiger partial charge in [-0.15, -0.1) is 0 Å². The molecule has 1 spiro atoms. The highest BCUT2D eigenvalue weighted by atomic mass is 15.3. The second kappa shape index (κ2) is 5.37. The number of hydrogen-bond acceptors (Lipinski definition) is 2. The van der Waals surface area contributed by atoms with Gasteiger partial charge in [-0.1, -0.05) is 26.7 Å². The van der Waals surface area contributed by atoms with Crippen LogP contribution < -0.4 is 5.32 Å². The average molecular weight is 264 g/mol. The lowest BCUT2D eigenvalue weighted by molar-refractivity contribution is 0.0185. The first-order valence-corrected chi connectivity index (χ1v) is 8.60. The van der Waals surface area contributed by atoms with Crippen molar-refractivity contribution in [3.8, 4) is 0 Å². The van der Waals surface area contributed by atoms with Crippen LogP contribution >= 0.6 is 0 Å². The Hall–Kier alpha value is -0.0800. The van der Waals surface area contributed by atoms with Crippen LogP contribution in [0.2, 0.25) is 0 Å². The maximum atomic E-state index is 3.89. The second-order valence-corrected chi connectivity index (χ2v) is 7.81. The van der Waals surface area contributed by atoms with Crippen molar-refractivity contribution >= 4 is 0 Å². The molecule has 0 radical (unpaired) electrons. The van der Waals surface area contributed by atoms with Crippen LogP contribution in [0, 0.1) is 11.8 Å². The first kappa shape index (κ1) is 13.9. The largest absolute Gasteiger partial charge is 0.308 e. The van der Waals surface area contributed by atoms with Crippen molar-refractivity contribution in [2.45, 2.75) is 83.3 Å². The Morgan fingerprint density at radius 1 is 1.00 bits per heavy atom. The van der Waals surface area contributed by atoms with E-state index in [0.29, 0.717) is 5.54 Å². The van der Waals surface area contributed by atoms with E-state index >= 15 is 0 Å². The molecule has 3 rings (SSSR count). The molecular formula is C17H32N2. The molecule has 110 valence electrons. The summed E-state index contributed by atoms with van der Waals surface area (Å²) in [6, 6.07) is 1.60. The second-order valence-electron chi connectivity index (χ2n) is 7.81. The SMILES string of the molecule is CC1CCC(N2CC3(CCCC3)NCC2C)CC1C. The maximum Gasteiger partial charge on any atom is 0.0309 e. The minimum Gasteiger partial charge on any atom is -0.308 e. The first-order chi connectivity index (χ1) is 9.10. The smallest absolute Gasteiger partial charge is 0.0309 e. The molecule has 3 fully saturated rings. The van der Waals surface area contributed by atoms with Gasteiger partial charge in [0, 0.05) is 30.7 Å². The average Bonchev–Trinajstić information content (AvgIpc) is 2.85. The lowest BCUT2D eigenvalue weighted by Crippen LogP contribution is -2.65. The van der Waals surface area contributed by atoms with Gasteiger partial charge in [-0.3, -0.25) is 4.90 Å². The molecule has 3 aliphatic rings. The Balaban J connectivity index is 1.68. The van der Waals surface area contributed by atoms with Crippen molar-refractivity contribution in [3.63, 3.8) is 0 Å². The van der Waals surface area contributed by atoms with Gasteiger partial charge >= 0.3 is 0 Å². The zero-order valence-corrected chi connectivity index (χ0v) is 13.1. The van der Waals surface area contributed by atoms with Crippen molar-refractivity contribution in [3.05, 3.63) is 0 Å². The van der Waals surface area contributed by atoms with Gasteiger partial charge in [0.1, 0.15) is 0 Å². The molecule has 0 aromatic carbocycles. The molecule has 4 atom stereocenters. The van der Waals surface area contributed by atoms with Crippen molar-refractivity contribution in [2.75, 3.05) is 13.1 Å². The fraction of sp³-hybridized carbons (Fsp3) is 1.00. The third-order valence-electron chi connectivity index (χ3n) is 6.42. The van der Waals surface area contributed by atoms with E-state index in [1.165, 1.54) is 58.0 Å². The molecular weight excluding hydrogens is 232 g/mol. The summed E-state index contributed by atoms with van der Waals surface area (Å²) < 4.78 is 0. The normalized spacial score (nSPS) is 43.7. The van der Waals surface area contributed by atoms with E-state index in [1.54, 1.807) is 0 Å². The lowest BCUT2D eigenvalue weighted by atomic mass is 9.77. The predicted octanol–water partition coefficient (Wildman–Crippen LogP) is 3.42. The Kier molecular flexibility index (Phi) is 3.92. The van der Waals surface area contributed by atoms with Crippen LogP contribution in [-0.2, 0) is 0 Å². The van der Waals surface area contributed by atoms with E-state index in [1.807, 2.05) is 0 Å². The zero-order chi connectivity index (χ0) is 13.5. The molecule has 0 aromatic heterocycles. The molecule has 0 bridgehead atoms. The molecule has 1 N–H and O–H groups in total. The van der Waals surface area contributed by atoms with E-state index in [4.69, 9.17) is 0 Å². The number of hydrogen-bond donors (Lipinski definition) is 1. The molecule has 0 aromatic rings. The third-order valence-corrected chi connectivity index (χ3v) is 6.42. The van der Waals surface area contributed by atoms with Crippen LogP contribution in [0.4, 0.5) is 0 Å². The van der Waals surface area contributed by atoms with E-state index in [2.05, 4.69) is 31.0 Å². The van der Waals surface area contributed by atoms with Gasteiger partial charge in [0.2, 0.25) is 0 Å². The summed E-state index contributed by atoms with van der Waals surface area (Å²) in [6.07, 6.45) is 10.0. The van der Waals surface area contributed by atoms with Crippen LogP contribution in [0.15, 0.2) is 0 Å². The van der Waals surface area contributed by atoms with E-state index < -0.39 is 0 Å². The van der Waals surface area contributed by atoms with Crippen LogP contribution in [0.5, 0.6) is 0 Å². The maximum absolute atomic E-state index is 3.89. The Bertz CT molecular complexity index is 308. The van der Waals surface area contributed by atoms with Gasteiger partial charge in [0.05, 0.1) is 0 Å². The van der Waals surface area contributed by atoms with E-state index in [9.17, 15) is 0 Å². The highest BCUT2D eigenvalue weighted by Gasteiger charge is 2.42. The van der Waals surface area contributed by atoms with Gasteiger partial charge in [0.25, 0.3) is 0 Å². The van der Waals surface area contributed by atoms with Gasteiger partial charge in [-0.25, -0.2) is 0 Å². The monoisotopic (exact) mass is 264 g/mol. The summed E-state index contributed by atoms with van der Waals surface area (Å²) in [5.41, 5.74) is 0.485. The highest BCUT2D eigenvalue weighted by Crippen LogP contribution is 2.38. The first-order valence-electron chi connectivity index (χ1n) is 8.60. The van der Waals surface area contributed by atoms with Gasteiger partial charge in [-0.05, 0) is 50.9 Å². The minimum atomic E-state index is 0.485. The van der Waals surface area contributed by atoms with Gasteiger partial charge < -0.3 is 5.32 Å². The zero-order valence-electron chi connectivity index (χ0n) is 13.1. The molecule has 2 heteroatoms. The van der Waals surface area contributed by atoms with Crippen LogP contribution in [0.1, 0.15) is 65.7 Å². The Morgan fingerprint density at radius 3 is 2.42 bits per heavy atom. The van der Waals surface area contributed by atoms with Crippen LogP contribution in [0.3, 0.4) is 0 Å². The van der Waals surface area contributed by atoms with Gasteiger partial charge in [-0.2, -0.15) is 0 Å². The minimum absolute atomic E-state index is 0.485. The third kappa shape index (κ3) is 2.71. The molecule has 19 heavy (non-hydrogen) atoms. The van der Waals surface area contributed by atoms with Crippen molar-refractivity contribution in [1.29, 1.82) is 0 Å². The number of piperazine rings is 1. The predicted molar refractivity (Wildman–Crippen MR) is 81.3 cm³/mol. The Morgan fingerprint density at radius 2 is 1.74 bits per heavy atom. The summed E-state index contributed by atoms with van der Waals surface area (Å²) in [5.74, 6) is 1.86. The molecule has 0 amide bonds. The summed E-state index contributed by atoms with van der Waals surface area (Å²) >= 11 is 0. The molecule has 1 aliphatic heterocycles. The van der Waals surface area contributed by atoms with Crippen molar-refractivity contribution in [2.24, 2.45) is 11.8 Å². The summed E-state index contributed by atoms with van der Waals surface area (Å²) in [7, 11) is 0.